The second-order valence-corrected chi connectivity index (χ2v) is 3.18. The molecule has 2 heteroatoms. The Kier molecular flexibility index (Phi) is 2.46. The van der Waals surface area contributed by atoms with E-state index in [-0.39, 0.29) is 5.12 Å². The van der Waals surface area contributed by atoms with Crippen LogP contribution in [0, 0.1) is 5.92 Å². The molecule has 1 aliphatic carbocycles. The highest BCUT2D eigenvalue weighted by atomic mass is 32.1. The predicted molar refractivity (Wildman–Crippen MR) is 39.2 cm³/mol. The topological polar surface area (TPSA) is 17.1 Å². The molecular weight excluding hydrogens is 132 g/mol. The van der Waals surface area contributed by atoms with E-state index in [4.69, 9.17) is 0 Å². The van der Waals surface area contributed by atoms with Gasteiger partial charge in [-0.15, -0.1) is 0 Å². The Balaban J connectivity index is 2.19. The molecular formula is C7H11OS. The summed E-state index contributed by atoms with van der Waals surface area (Å²) in [5, 5.41) is -0.0538. The molecule has 0 aromatic rings. The van der Waals surface area contributed by atoms with E-state index in [0.717, 1.165) is 0 Å². The molecule has 1 radical (unpaired) electrons. The van der Waals surface area contributed by atoms with Crippen LogP contribution in [0.3, 0.4) is 0 Å². The first-order valence-corrected chi connectivity index (χ1v) is 3.89. The van der Waals surface area contributed by atoms with Crippen LogP contribution in [-0.2, 0) is 4.79 Å². The molecule has 0 aliphatic heterocycles. The normalized spacial score (nSPS) is 20.4. The Morgan fingerprint density at radius 2 is 2.00 bits per heavy atom. The minimum absolute atomic E-state index is 0.0538. The fourth-order valence-corrected chi connectivity index (χ4v) is 1.69. The van der Waals surface area contributed by atoms with Crippen molar-refractivity contribution in [2.45, 2.75) is 32.1 Å². The molecule has 1 saturated carbocycles. The Bertz CT molecular complexity index is 105. The molecule has 0 saturated heterocycles. The third kappa shape index (κ3) is 2.31. The molecule has 0 bridgehead atoms. The summed E-state index contributed by atoms with van der Waals surface area (Å²) in [6, 6.07) is 0. The molecule has 0 atom stereocenters. The van der Waals surface area contributed by atoms with E-state index >= 15 is 0 Å². The highest BCUT2D eigenvalue weighted by molar-refractivity contribution is 7.96. The lowest BCUT2D eigenvalue weighted by molar-refractivity contribution is -0.111. The summed E-state index contributed by atoms with van der Waals surface area (Å²) >= 11 is 4.48. The maximum atomic E-state index is 10.4. The van der Waals surface area contributed by atoms with Gasteiger partial charge in [-0.1, -0.05) is 12.8 Å². The lowest BCUT2D eigenvalue weighted by Gasteiger charge is -2.01. The maximum Gasteiger partial charge on any atom is 0.218 e. The van der Waals surface area contributed by atoms with Gasteiger partial charge in [0.25, 0.3) is 0 Å². The lowest BCUT2D eigenvalue weighted by Crippen LogP contribution is -1.97. The van der Waals surface area contributed by atoms with Crippen molar-refractivity contribution in [2.24, 2.45) is 5.92 Å². The van der Waals surface area contributed by atoms with Gasteiger partial charge in [-0.25, -0.2) is 0 Å². The van der Waals surface area contributed by atoms with E-state index in [9.17, 15) is 4.79 Å². The van der Waals surface area contributed by atoms with Gasteiger partial charge in [-0.05, 0) is 31.4 Å². The summed E-state index contributed by atoms with van der Waals surface area (Å²) < 4.78 is 0. The van der Waals surface area contributed by atoms with Gasteiger partial charge < -0.3 is 0 Å². The Morgan fingerprint density at radius 3 is 2.44 bits per heavy atom. The van der Waals surface area contributed by atoms with Crippen molar-refractivity contribution >= 4 is 17.7 Å². The van der Waals surface area contributed by atoms with Crippen molar-refractivity contribution < 1.29 is 4.79 Å². The SMILES string of the molecule is O=C([S])CC1CCCC1. The van der Waals surface area contributed by atoms with E-state index in [1.807, 2.05) is 0 Å². The summed E-state index contributed by atoms with van der Waals surface area (Å²) in [5.74, 6) is 0.634. The summed E-state index contributed by atoms with van der Waals surface area (Å²) in [6.45, 7) is 0. The zero-order valence-electron chi connectivity index (χ0n) is 5.43. The zero-order chi connectivity index (χ0) is 6.69. The number of carbonyl (C=O) groups is 1. The van der Waals surface area contributed by atoms with Gasteiger partial charge in [-0.2, -0.15) is 0 Å². The summed E-state index contributed by atoms with van der Waals surface area (Å²) in [4.78, 5) is 10.4. The standard InChI is InChI=1S/C7H11OS/c8-7(9)5-6-3-1-2-4-6/h6H,1-5H2. The van der Waals surface area contributed by atoms with Crippen molar-refractivity contribution in [3.05, 3.63) is 0 Å². The molecule has 1 rings (SSSR count). The zero-order valence-corrected chi connectivity index (χ0v) is 6.25. The quantitative estimate of drug-likeness (QED) is 0.579. The first-order chi connectivity index (χ1) is 4.29. The van der Waals surface area contributed by atoms with Gasteiger partial charge in [0.2, 0.25) is 5.12 Å². The first-order valence-electron chi connectivity index (χ1n) is 3.49. The lowest BCUT2D eigenvalue weighted by atomic mass is 10.1. The molecule has 0 N–H and O–H groups in total. The van der Waals surface area contributed by atoms with Crippen molar-refractivity contribution in [3.8, 4) is 0 Å². The van der Waals surface area contributed by atoms with Crippen molar-refractivity contribution in [1.82, 2.24) is 0 Å². The Morgan fingerprint density at radius 1 is 1.44 bits per heavy atom. The van der Waals surface area contributed by atoms with Crippen molar-refractivity contribution in [1.29, 1.82) is 0 Å². The highest BCUT2D eigenvalue weighted by Gasteiger charge is 2.16. The van der Waals surface area contributed by atoms with E-state index in [1.54, 1.807) is 0 Å². The van der Waals surface area contributed by atoms with Crippen LogP contribution in [0.2, 0.25) is 0 Å². The minimum atomic E-state index is -0.0538. The molecule has 51 valence electrons. The fourth-order valence-electron chi connectivity index (χ4n) is 1.45. The van der Waals surface area contributed by atoms with Crippen LogP contribution in [0.4, 0.5) is 0 Å². The molecule has 0 amide bonds. The van der Waals surface area contributed by atoms with Crippen LogP contribution in [0.15, 0.2) is 0 Å². The maximum absolute atomic E-state index is 10.4. The molecule has 0 aromatic heterocycles. The third-order valence-electron chi connectivity index (χ3n) is 1.93. The molecule has 0 spiro atoms. The van der Waals surface area contributed by atoms with E-state index in [2.05, 4.69) is 12.6 Å². The number of hydrogen-bond donors (Lipinski definition) is 0. The Hall–Kier alpha value is -0.110. The van der Waals surface area contributed by atoms with Crippen LogP contribution >= 0.6 is 12.6 Å². The van der Waals surface area contributed by atoms with Crippen molar-refractivity contribution in [3.63, 3.8) is 0 Å². The molecule has 1 aliphatic rings. The average molecular weight is 143 g/mol. The van der Waals surface area contributed by atoms with E-state index in [0.29, 0.717) is 12.3 Å². The Labute approximate surface area is 61.2 Å². The molecule has 0 aromatic carbocycles. The van der Waals surface area contributed by atoms with Gasteiger partial charge in [-0.3, -0.25) is 4.79 Å². The first kappa shape index (κ1) is 7.00. The molecule has 1 nitrogen and oxygen atoms in total. The van der Waals surface area contributed by atoms with Gasteiger partial charge in [0, 0.05) is 6.42 Å². The number of rotatable bonds is 2. The molecule has 9 heavy (non-hydrogen) atoms. The van der Waals surface area contributed by atoms with E-state index < -0.39 is 0 Å². The summed E-state index contributed by atoms with van der Waals surface area (Å²) in [7, 11) is 0. The minimum Gasteiger partial charge on any atom is -0.282 e. The molecule has 0 unspecified atom stereocenters. The number of carbonyl (C=O) groups excluding carboxylic acids is 1. The van der Waals surface area contributed by atoms with Gasteiger partial charge in [0.05, 0.1) is 0 Å². The predicted octanol–water partition coefficient (Wildman–Crippen LogP) is 2.29. The van der Waals surface area contributed by atoms with Crippen LogP contribution < -0.4 is 0 Å². The summed E-state index contributed by atoms with van der Waals surface area (Å²) in [5.41, 5.74) is 0. The second kappa shape index (κ2) is 3.16. The molecule has 0 heterocycles. The molecule has 1 fully saturated rings. The smallest absolute Gasteiger partial charge is 0.218 e. The van der Waals surface area contributed by atoms with Crippen LogP contribution in [-0.4, -0.2) is 5.12 Å². The van der Waals surface area contributed by atoms with Crippen LogP contribution in [0.1, 0.15) is 32.1 Å². The van der Waals surface area contributed by atoms with Crippen molar-refractivity contribution in [2.75, 3.05) is 0 Å². The summed E-state index contributed by atoms with van der Waals surface area (Å²) in [6.07, 6.45) is 5.70. The second-order valence-electron chi connectivity index (χ2n) is 2.73. The van der Waals surface area contributed by atoms with Gasteiger partial charge in [0.1, 0.15) is 0 Å². The van der Waals surface area contributed by atoms with Gasteiger partial charge >= 0.3 is 0 Å². The monoisotopic (exact) mass is 143 g/mol. The number of hydrogen-bond acceptors (Lipinski definition) is 1. The van der Waals surface area contributed by atoms with E-state index in [1.165, 1.54) is 25.7 Å². The van der Waals surface area contributed by atoms with Gasteiger partial charge in [0.15, 0.2) is 0 Å². The fraction of sp³-hybridized carbons (Fsp3) is 0.857. The largest absolute Gasteiger partial charge is 0.282 e. The van der Waals surface area contributed by atoms with Crippen LogP contribution in [0.5, 0.6) is 0 Å². The van der Waals surface area contributed by atoms with Crippen LogP contribution in [0.25, 0.3) is 0 Å². The average Bonchev–Trinajstić information content (AvgIpc) is 2.15. The highest BCUT2D eigenvalue weighted by Crippen LogP contribution is 2.27. The third-order valence-corrected chi connectivity index (χ3v) is 2.10.